The minimum absolute atomic E-state index is 0.712. The molecule has 4 N–H and O–H groups in total. The van der Waals surface area contributed by atoms with E-state index in [9.17, 15) is 0 Å². The van der Waals surface area contributed by atoms with Gasteiger partial charge in [-0.25, -0.2) is 0 Å². The maximum atomic E-state index is 5.90. The van der Waals surface area contributed by atoms with E-state index < -0.39 is 0 Å². The molecule has 1 aromatic carbocycles. The number of nitrogens with one attached hydrogen (secondary N) is 1. The first kappa shape index (κ1) is 10.2. The van der Waals surface area contributed by atoms with E-state index in [2.05, 4.69) is 16.0 Å². The predicted octanol–water partition coefficient (Wildman–Crippen LogP) is 1.54. The molecule has 1 heterocycles. The predicted molar refractivity (Wildman–Crippen MR) is 63.0 cm³/mol. The molecule has 0 fully saturated rings. The normalized spacial score (nSPS) is 10.5. The Hall–Kier alpha value is -1.32. The maximum absolute atomic E-state index is 5.90. The number of nitrogens with zero attached hydrogens (tertiary/aromatic N) is 1. The summed E-state index contributed by atoms with van der Waals surface area (Å²) in [6.07, 6.45) is 1.78. The van der Waals surface area contributed by atoms with Crippen LogP contribution in [0.15, 0.2) is 30.5 Å². The molecule has 4 heteroatoms. The van der Waals surface area contributed by atoms with Crippen LogP contribution >= 0.6 is 11.6 Å². The first-order valence-corrected chi connectivity index (χ1v) is 5.26. The third kappa shape index (κ3) is 2.19. The van der Waals surface area contributed by atoms with Crippen molar-refractivity contribution in [3.8, 4) is 0 Å². The first-order valence-electron chi connectivity index (χ1n) is 4.88. The van der Waals surface area contributed by atoms with E-state index >= 15 is 0 Å². The number of aromatic nitrogens is 1. The number of quaternary nitrogens is 1. The third-order valence-electron chi connectivity index (χ3n) is 2.20. The number of halogens is 1. The molecule has 0 aliphatic carbocycles. The Balaban J connectivity index is 2.46. The van der Waals surface area contributed by atoms with E-state index in [0.717, 1.165) is 29.7 Å². The van der Waals surface area contributed by atoms with Crippen LogP contribution in [-0.2, 0) is 0 Å². The van der Waals surface area contributed by atoms with Crippen molar-refractivity contribution in [1.29, 1.82) is 0 Å². The van der Waals surface area contributed by atoms with Crippen LogP contribution in [-0.4, -0.2) is 18.1 Å². The van der Waals surface area contributed by atoms with Crippen LogP contribution in [0.25, 0.3) is 10.9 Å². The lowest BCUT2D eigenvalue weighted by atomic mass is 10.2. The Bertz CT molecular complexity index is 470. The molecule has 0 saturated carbocycles. The molecular weight excluding hydrogens is 210 g/mol. The fourth-order valence-electron chi connectivity index (χ4n) is 1.50. The van der Waals surface area contributed by atoms with Gasteiger partial charge in [-0.2, -0.15) is 0 Å². The van der Waals surface area contributed by atoms with E-state index in [1.807, 2.05) is 24.3 Å². The largest absolute Gasteiger partial charge is 0.379 e. The summed E-state index contributed by atoms with van der Waals surface area (Å²) in [5.41, 5.74) is 5.79. The zero-order valence-electron chi connectivity index (χ0n) is 8.33. The van der Waals surface area contributed by atoms with Crippen LogP contribution in [0.1, 0.15) is 0 Å². The molecule has 2 aromatic rings. The number of hydrogen-bond donors (Lipinski definition) is 2. The fourth-order valence-corrected chi connectivity index (χ4v) is 1.66. The Morgan fingerprint density at radius 2 is 2.20 bits per heavy atom. The molecule has 0 atom stereocenters. The molecular formula is C11H13ClN3+. The Morgan fingerprint density at radius 3 is 3.00 bits per heavy atom. The molecule has 0 saturated heterocycles. The van der Waals surface area contributed by atoms with Crippen molar-refractivity contribution < 1.29 is 5.73 Å². The van der Waals surface area contributed by atoms with Crippen LogP contribution in [0.5, 0.6) is 0 Å². The maximum Gasteiger partial charge on any atom is 0.0915 e. The van der Waals surface area contributed by atoms with Gasteiger partial charge in [-0.15, -0.1) is 0 Å². The second kappa shape index (κ2) is 4.47. The number of anilines is 1. The summed E-state index contributed by atoms with van der Waals surface area (Å²) in [6.45, 7) is 1.72. The molecule has 0 spiro atoms. The number of benzene rings is 1. The van der Waals surface area contributed by atoms with Crippen molar-refractivity contribution >= 4 is 28.2 Å². The van der Waals surface area contributed by atoms with Crippen LogP contribution in [0.2, 0.25) is 5.02 Å². The first-order chi connectivity index (χ1) is 7.31. The van der Waals surface area contributed by atoms with Gasteiger partial charge in [-0.1, -0.05) is 11.6 Å². The highest BCUT2D eigenvalue weighted by Crippen LogP contribution is 2.23. The summed E-state index contributed by atoms with van der Waals surface area (Å²) in [6, 6.07) is 7.69. The van der Waals surface area contributed by atoms with Crippen molar-refractivity contribution in [1.82, 2.24) is 4.98 Å². The quantitative estimate of drug-likeness (QED) is 0.828. The molecule has 0 amide bonds. The van der Waals surface area contributed by atoms with Gasteiger partial charge in [0.1, 0.15) is 0 Å². The second-order valence-corrected chi connectivity index (χ2v) is 3.74. The molecule has 0 aliphatic rings. The highest BCUT2D eigenvalue weighted by Gasteiger charge is 2.01. The van der Waals surface area contributed by atoms with Gasteiger partial charge in [0.25, 0.3) is 0 Å². The lowest BCUT2D eigenvalue weighted by Gasteiger charge is -2.07. The molecule has 78 valence electrons. The fraction of sp³-hybridized carbons (Fsp3) is 0.182. The number of hydrogen-bond acceptors (Lipinski definition) is 2. The summed E-state index contributed by atoms with van der Waals surface area (Å²) in [5.74, 6) is 0. The van der Waals surface area contributed by atoms with Gasteiger partial charge in [0, 0.05) is 22.3 Å². The third-order valence-corrected chi connectivity index (χ3v) is 2.43. The topological polar surface area (TPSA) is 52.6 Å². The number of rotatable bonds is 3. The van der Waals surface area contributed by atoms with E-state index in [-0.39, 0.29) is 0 Å². The highest BCUT2D eigenvalue weighted by molar-refractivity contribution is 6.31. The summed E-state index contributed by atoms with van der Waals surface area (Å²) in [4.78, 5) is 4.27. The van der Waals surface area contributed by atoms with Crippen molar-refractivity contribution in [3.63, 3.8) is 0 Å². The van der Waals surface area contributed by atoms with Gasteiger partial charge in [0.2, 0.25) is 0 Å². The van der Waals surface area contributed by atoms with Gasteiger partial charge in [0.05, 0.1) is 18.6 Å². The van der Waals surface area contributed by atoms with Crippen molar-refractivity contribution in [2.45, 2.75) is 0 Å². The molecule has 15 heavy (non-hydrogen) atoms. The second-order valence-electron chi connectivity index (χ2n) is 3.30. The molecule has 3 nitrogen and oxygen atoms in total. The van der Waals surface area contributed by atoms with Crippen LogP contribution < -0.4 is 11.1 Å². The monoisotopic (exact) mass is 222 g/mol. The van der Waals surface area contributed by atoms with E-state index in [0.29, 0.717) is 5.02 Å². The molecule has 2 rings (SSSR count). The summed E-state index contributed by atoms with van der Waals surface area (Å²) in [5, 5.41) is 5.12. The zero-order chi connectivity index (χ0) is 10.7. The highest BCUT2D eigenvalue weighted by atomic mass is 35.5. The molecule has 0 bridgehead atoms. The SMILES string of the molecule is [NH3+]CCNc1ccnc2cc(Cl)ccc12. The summed E-state index contributed by atoms with van der Waals surface area (Å²) >= 11 is 5.90. The van der Waals surface area contributed by atoms with Gasteiger partial charge in [-0.3, -0.25) is 4.98 Å². The van der Waals surface area contributed by atoms with Gasteiger partial charge < -0.3 is 11.1 Å². The van der Waals surface area contributed by atoms with Crippen LogP contribution in [0.4, 0.5) is 5.69 Å². The lowest BCUT2D eigenvalue weighted by Crippen LogP contribution is -2.53. The molecule has 0 radical (unpaired) electrons. The smallest absolute Gasteiger partial charge is 0.0915 e. The summed E-state index contributed by atoms with van der Waals surface area (Å²) < 4.78 is 0. The van der Waals surface area contributed by atoms with Crippen molar-refractivity contribution in [2.24, 2.45) is 0 Å². The number of fused-ring (bicyclic) bond motifs is 1. The molecule has 0 aliphatic heterocycles. The Kier molecular flexibility index (Phi) is 3.04. The Labute approximate surface area is 93.3 Å². The standard InChI is InChI=1S/C11H12ClN3/c12-8-1-2-9-10(15-6-4-13)3-5-14-11(9)7-8/h1-3,5,7H,4,6,13H2,(H,14,15)/p+1. The lowest BCUT2D eigenvalue weighted by molar-refractivity contribution is -0.362. The zero-order valence-corrected chi connectivity index (χ0v) is 9.09. The van der Waals surface area contributed by atoms with Crippen LogP contribution in [0, 0.1) is 0 Å². The minimum atomic E-state index is 0.712. The van der Waals surface area contributed by atoms with E-state index in [4.69, 9.17) is 11.6 Å². The van der Waals surface area contributed by atoms with E-state index in [1.165, 1.54) is 0 Å². The minimum Gasteiger partial charge on any atom is -0.379 e. The Morgan fingerprint density at radius 1 is 1.33 bits per heavy atom. The molecule has 0 unspecified atom stereocenters. The van der Waals surface area contributed by atoms with Gasteiger partial charge in [-0.05, 0) is 24.3 Å². The molecule has 1 aromatic heterocycles. The van der Waals surface area contributed by atoms with Crippen LogP contribution in [0.3, 0.4) is 0 Å². The average Bonchev–Trinajstić information content (AvgIpc) is 2.25. The van der Waals surface area contributed by atoms with Crippen molar-refractivity contribution in [3.05, 3.63) is 35.5 Å². The van der Waals surface area contributed by atoms with Crippen molar-refractivity contribution in [2.75, 3.05) is 18.4 Å². The van der Waals surface area contributed by atoms with Gasteiger partial charge >= 0.3 is 0 Å². The summed E-state index contributed by atoms with van der Waals surface area (Å²) in [7, 11) is 0. The van der Waals surface area contributed by atoms with Gasteiger partial charge in [0.15, 0.2) is 0 Å². The number of pyridine rings is 1. The average molecular weight is 223 g/mol. The van der Waals surface area contributed by atoms with E-state index in [1.54, 1.807) is 6.20 Å².